The first-order valence-corrected chi connectivity index (χ1v) is 12.5. The van der Waals surface area contributed by atoms with Crippen LogP contribution in [0.2, 0.25) is 5.02 Å². The Labute approximate surface area is 205 Å². The monoisotopic (exact) mass is 477 g/mol. The van der Waals surface area contributed by atoms with E-state index in [9.17, 15) is 5.26 Å². The lowest BCUT2D eigenvalue weighted by Gasteiger charge is -2.25. The van der Waals surface area contributed by atoms with Crippen molar-refractivity contribution in [3.63, 3.8) is 0 Å². The van der Waals surface area contributed by atoms with Crippen molar-refractivity contribution in [3.8, 4) is 34.3 Å². The first-order valence-electron chi connectivity index (χ1n) is 11.2. The summed E-state index contributed by atoms with van der Waals surface area (Å²) in [7, 11) is 5.62. The number of methoxy groups -OCH3 is 1. The number of nitrogens with zero attached hydrogens (tertiary/aromatic N) is 3. The number of benzene rings is 2. The highest BCUT2D eigenvalue weighted by molar-refractivity contribution is 8.00. The van der Waals surface area contributed by atoms with E-state index >= 15 is 0 Å². The van der Waals surface area contributed by atoms with Crippen LogP contribution in [0.15, 0.2) is 53.4 Å². The summed E-state index contributed by atoms with van der Waals surface area (Å²) in [6.45, 7) is 0. The van der Waals surface area contributed by atoms with Gasteiger partial charge in [0.2, 0.25) is 5.88 Å². The molecular weight excluding hydrogens is 450 g/mol. The van der Waals surface area contributed by atoms with E-state index in [4.69, 9.17) is 21.3 Å². The van der Waals surface area contributed by atoms with Crippen LogP contribution in [0.4, 0.5) is 5.69 Å². The van der Waals surface area contributed by atoms with Gasteiger partial charge in [0.25, 0.3) is 0 Å². The van der Waals surface area contributed by atoms with Crippen LogP contribution >= 0.6 is 23.4 Å². The molecule has 0 spiro atoms. The molecule has 1 saturated carbocycles. The Morgan fingerprint density at radius 1 is 1.00 bits per heavy atom. The van der Waals surface area contributed by atoms with Crippen molar-refractivity contribution in [2.24, 2.45) is 0 Å². The molecule has 0 aliphatic heterocycles. The van der Waals surface area contributed by atoms with Crippen molar-refractivity contribution in [1.29, 1.82) is 5.26 Å². The number of hydrogen-bond acceptors (Lipinski definition) is 5. The number of hydrogen-bond donors (Lipinski definition) is 0. The Morgan fingerprint density at radius 3 is 2.21 bits per heavy atom. The van der Waals surface area contributed by atoms with Gasteiger partial charge in [0.1, 0.15) is 11.6 Å². The molecule has 6 heteroatoms. The Kier molecular flexibility index (Phi) is 7.47. The fourth-order valence-electron chi connectivity index (χ4n) is 4.27. The minimum atomic E-state index is 0.349. The number of rotatable bonds is 6. The zero-order chi connectivity index (χ0) is 23.4. The van der Waals surface area contributed by atoms with Crippen LogP contribution in [0.3, 0.4) is 0 Å². The molecule has 0 amide bonds. The Bertz CT molecular complexity index is 1150. The lowest BCUT2D eigenvalue weighted by atomic mass is 9.98. The number of halogens is 1. The van der Waals surface area contributed by atoms with E-state index < -0.39 is 0 Å². The standard InChI is InChI=1S/C27H28ClN3OS/c1-31(2)21-15-11-18(12-16-21)24-23(17-29)27(32-3)30-25(19-9-13-20(28)14-10-19)26(24)33-22-7-5-4-6-8-22/h9-16,22H,4-8H2,1-3H3. The molecule has 1 heterocycles. The zero-order valence-electron chi connectivity index (χ0n) is 19.3. The van der Waals surface area contributed by atoms with E-state index in [0.29, 0.717) is 21.7 Å². The fraction of sp³-hybridized carbons (Fsp3) is 0.333. The number of ether oxygens (including phenoxy) is 1. The largest absolute Gasteiger partial charge is 0.480 e. The van der Waals surface area contributed by atoms with Gasteiger partial charge in [-0.15, -0.1) is 11.8 Å². The molecule has 0 N–H and O–H groups in total. The number of anilines is 1. The summed E-state index contributed by atoms with van der Waals surface area (Å²) < 4.78 is 5.61. The van der Waals surface area contributed by atoms with E-state index in [-0.39, 0.29) is 0 Å². The number of thioether (sulfide) groups is 1. The van der Waals surface area contributed by atoms with Crippen LogP contribution in [0.25, 0.3) is 22.4 Å². The van der Waals surface area contributed by atoms with Gasteiger partial charge in [-0.05, 0) is 42.7 Å². The molecule has 1 aliphatic carbocycles. The minimum Gasteiger partial charge on any atom is -0.480 e. The van der Waals surface area contributed by atoms with Gasteiger partial charge in [0, 0.05) is 46.1 Å². The Balaban J connectivity index is 1.96. The second kappa shape index (κ2) is 10.5. The van der Waals surface area contributed by atoms with E-state index in [1.807, 2.05) is 50.1 Å². The van der Waals surface area contributed by atoms with Crippen LogP contribution in [0.5, 0.6) is 5.88 Å². The average Bonchev–Trinajstić information content (AvgIpc) is 2.85. The first kappa shape index (κ1) is 23.5. The van der Waals surface area contributed by atoms with Crippen molar-refractivity contribution >= 4 is 29.1 Å². The molecule has 0 atom stereocenters. The normalized spacial score (nSPS) is 14.0. The Hall–Kier alpha value is -2.68. The molecule has 4 nitrogen and oxygen atoms in total. The van der Waals surface area contributed by atoms with Crippen LogP contribution in [0, 0.1) is 11.3 Å². The van der Waals surface area contributed by atoms with E-state index in [1.165, 1.54) is 32.1 Å². The average molecular weight is 478 g/mol. The maximum atomic E-state index is 10.2. The van der Waals surface area contributed by atoms with Gasteiger partial charge >= 0.3 is 0 Å². The molecule has 3 aromatic rings. The van der Waals surface area contributed by atoms with Crippen molar-refractivity contribution in [3.05, 3.63) is 59.1 Å². The second-order valence-electron chi connectivity index (χ2n) is 8.49. The van der Waals surface area contributed by atoms with Gasteiger partial charge in [-0.2, -0.15) is 5.26 Å². The number of nitriles is 1. The summed E-state index contributed by atoms with van der Waals surface area (Å²) in [5, 5.41) is 11.3. The van der Waals surface area contributed by atoms with Gasteiger partial charge < -0.3 is 9.64 Å². The van der Waals surface area contributed by atoms with Gasteiger partial charge in [-0.1, -0.05) is 55.1 Å². The summed E-state index contributed by atoms with van der Waals surface area (Å²) in [5.74, 6) is 0.349. The molecule has 33 heavy (non-hydrogen) atoms. The van der Waals surface area contributed by atoms with Crippen molar-refractivity contribution < 1.29 is 4.74 Å². The van der Waals surface area contributed by atoms with Crippen LogP contribution in [-0.4, -0.2) is 31.4 Å². The Morgan fingerprint density at radius 2 is 1.64 bits per heavy atom. The number of aromatic nitrogens is 1. The van der Waals surface area contributed by atoms with E-state index in [0.717, 1.165) is 33.0 Å². The third-order valence-corrected chi connectivity index (χ3v) is 7.74. The van der Waals surface area contributed by atoms with E-state index in [1.54, 1.807) is 7.11 Å². The number of pyridine rings is 1. The highest BCUT2D eigenvalue weighted by Gasteiger charge is 2.26. The lowest BCUT2D eigenvalue weighted by Crippen LogP contribution is -2.10. The fourth-order valence-corrected chi connectivity index (χ4v) is 5.91. The van der Waals surface area contributed by atoms with Gasteiger partial charge in [-0.25, -0.2) is 4.98 Å². The summed E-state index contributed by atoms with van der Waals surface area (Å²) in [4.78, 5) is 7.95. The van der Waals surface area contributed by atoms with Gasteiger partial charge in [0.05, 0.1) is 12.8 Å². The minimum absolute atomic E-state index is 0.349. The third kappa shape index (κ3) is 5.13. The predicted molar refractivity (Wildman–Crippen MR) is 138 cm³/mol. The maximum absolute atomic E-state index is 10.2. The molecule has 1 aromatic heterocycles. The lowest BCUT2D eigenvalue weighted by molar-refractivity contribution is 0.396. The molecule has 0 unspecified atom stereocenters. The van der Waals surface area contributed by atoms with E-state index in [2.05, 4.69) is 35.2 Å². The van der Waals surface area contributed by atoms with Crippen LogP contribution < -0.4 is 9.64 Å². The molecule has 1 fully saturated rings. The quantitative estimate of drug-likeness (QED) is 0.369. The SMILES string of the molecule is COc1nc(-c2ccc(Cl)cc2)c(SC2CCCCC2)c(-c2ccc(N(C)C)cc2)c1C#N. The summed E-state index contributed by atoms with van der Waals surface area (Å²) in [6.07, 6.45) is 6.14. The van der Waals surface area contributed by atoms with Crippen LogP contribution in [-0.2, 0) is 0 Å². The molecule has 170 valence electrons. The summed E-state index contributed by atoms with van der Waals surface area (Å²) in [5.41, 5.74) is 5.28. The van der Waals surface area contributed by atoms with Crippen LogP contribution in [0.1, 0.15) is 37.7 Å². The van der Waals surface area contributed by atoms with Crippen molar-refractivity contribution in [2.75, 3.05) is 26.1 Å². The third-order valence-electron chi connectivity index (χ3n) is 6.05. The molecule has 0 saturated heterocycles. The summed E-state index contributed by atoms with van der Waals surface area (Å²) in [6, 6.07) is 18.5. The van der Waals surface area contributed by atoms with Gasteiger partial charge in [-0.3, -0.25) is 0 Å². The highest BCUT2D eigenvalue weighted by atomic mass is 35.5. The molecule has 0 bridgehead atoms. The van der Waals surface area contributed by atoms with Crippen molar-refractivity contribution in [2.45, 2.75) is 42.2 Å². The molecule has 1 aliphatic rings. The molecule has 2 aromatic carbocycles. The highest BCUT2D eigenvalue weighted by Crippen LogP contribution is 2.47. The molecular formula is C27H28ClN3OS. The predicted octanol–water partition coefficient (Wildman–Crippen LogP) is 7.44. The topological polar surface area (TPSA) is 49.1 Å². The maximum Gasteiger partial charge on any atom is 0.232 e. The molecule has 0 radical (unpaired) electrons. The first-order chi connectivity index (χ1) is 16.0. The zero-order valence-corrected chi connectivity index (χ0v) is 20.8. The van der Waals surface area contributed by atoms with Crippen molar-refractivity contribution in [1.82, 2.24) is 4.98 Å². The smallest absolute Gasteiger partial charge is 0.232 e. The second-order valence-corrected chi connectivity index (χ2v) is 10.2. The molecule has 4 rings (SSSR count). The van der Waals surface area contributed by atoms with Gasteiger partial charge in [0.15, 0.2) is 0 Å². The summed E-state index contributed by atoms with van der Waals surface area (Å²) >= 11 is 8.03.